The highest BCUT2D eigenvalue weighted by Gasteiger charge is 2.19. The van der Waals surface area contributed by atoms with Crippen LogP contribution in [0.3, 0.4) is 0 Å². The smallest absolute Gasteiger partial charge is 0.308 e. The number of rotatable bonds is 8. The number of aliphatic carboxylic acids is 1. The van der Waals surface area contributed by atoms with Crippen molar-refractivity contribution in [1.82, 2.24) is 5.32 Å². The van der Waals surface area contributed by atoms with E-state index in [1.807, 2.05) is 6.92 Å². The van der Waals surface area contributed by atoms with E-state index in [9.17, 15) is 18.0 Å². The van der Waals surface area contributed by atoms with Gasteiger partial charge in [0, 0.05) is 12.1 Å². The molecule has 1 aromatic rings. The maximum atomic E-state index is 12.0. The van der Waals surface area contributed by atoms with E-state index < -0.39 is 27.6 Å². The molecule has 22 heavy (non-hydrogen) atoms. The van der Waals surface area contributed by atoms with Gasteiger partial charge in [-0.3, -0.25) is 9.59 Å². The summed E-state index contributed by atoms with van der Waals surface area (Å²) in [6, 6.07) is 5.74. The summed E-state index contributed by atoms with van der Waals surface area (Å²) in [5, 5.41) is 11.6. The lowest BCUT2D eigenvalue weighted by Crippen LogP contribution is -2.33. The van der Waals surface area contributed by atoms with Crippen LogP contribution in [0, 0.1) is 5.92 Å². The Balaban J connectivity index is 2.82. The summed E-state index contributed by atoms with van der Waals surface area (Å²) in [4.78, 5) is 23.2. The highest BCUT2D eigenvalue weighted by Crippen LogP contribution is 2.13. The van der Waals surface area contributed by atoms with Gasteiger partial charge < -0.3 is 10.4 Å². The third-order valence-corrected chi connectivity index (χ3v) is 5.06. The number of carbonyl (C=O) groups excluding carboxylic acids is 1. The zero-order valence-electron chi connectivity index (χ0n) is 12.7. The lowest BCUT2D eigenvalue weighted by Gasteiger charge is -2.12. The summed E-state index contributed by atoms with van der Waals surface area (Å²) >= 11 is 0. The second-order valence-corrected chi connectivity index (χ2v) is 7.24. The van der Waals surface area contributed by atoms with Crippen LogP contribution in [0.1, 0.15) is 37.0 Å². The van der Waals surface area contributed by atoms with Gasteiger partial charge in [0.15, 0.2) is 9.84 Å². The zero-order valence-corrected chi connectivity index (χ0v) is 13.5. The van der Waals surface area contributed by atoms with Crippen LogP contribution in [0.15, 0.2) is 29.2 Å². The molecule has 6 nitrogen and oxygen atoms in total. The van der Waals surface area contributed by atoms with Gasteiger partial charge in [-0.25, -0.2) is 8.42 Å². The Morgan fingerprint density at radius 2 is 1.95 bits per heavy atom. The minimum atomic E-state index is -3.38. The van der Waals surface area contributed by atoms with Gasteiger partial charge in [0.25, 0.3) is 5.91 Å². The highest BCUT2D eigenvalue weighted by molar-refractivity contribution is 7.91. The molecular weight excluding hydrogens is 306 g/mol. The molecule has 1 rings (SSSR count). The van der Waals surface area contributed by atoms with Gasteiger partial charge in [0.2, 0.25) is 0 Å². The van der Waals surface area contributed by atoms with E-state index in [0.29, 0.717) is 12.8 Å². The minimum Gasteiger partial charge on any atom is -0.481 e. The molecule has 0 aliphatic heterocycles. The summed E-state index contributed by atoms with van der Waals surface area (Å²) in [6.45, 7) is 3.42. The maximum Gasteiger partial charge on any atom is 0.308 e. The van der Waals surface area contributed by atoms with Crippen molar-refractivity contribution in [1.29, 1.82) is 0 Å². The first-order chi connectivity index (χ1) is 10.3. The fraction of sp³-hybridized carbons (Fsp3) is 0.467. The van der Waals surface area contributed by atoms with E-state index >= 15 is 0 Å². The number of amides is 1. The average molecular weight is 327 g/mol. The molecule has 122 valence electrons. The molecule has 1 unspecified atom stereocenters. The molecule has 0 heterocycles. The van der Waals surface area contributed by atoms with Crippen LogP contribution in [0.25, 0.3) is 0 Å². The molecule has 1 aromatic carbocycles. The van der Waals surface area contributed by atoms with Gasteiger partial charge in [-0.15, -0.1) is 0 Å². The summed E-state index contributed by atoms with van der Waals surface area (Å²) < 4.78 is 23.6. The van der Waals surface area contributed by atoms with Crippen molar-refractivity contribution in [2.45, 2.75) is 31.6 Å². The summed E-state index contributed by atoms with van der Waals surface area (Å²) in [6.07, 6.45) is 1.18. The number of sulfone groups is 1. The van der Waals surface area contributed by atoms with Crippen molar-refractivity contribution >= 4 is 21.7 Å². The molecule has 2 N–H and O–H groups in total. The summed E-state index contributed by atoms with van der Waals surface area (Å²) in [5.41, 5.74) is 0.204. The topological polar surface area (TPSA) is 101 Å². The number of benzene rings is 1. The monoisotopic (exact) mass is 327 g/mol. The first kappa shape index (κ1) is 18.2. The Bertz CT molecular complexity index is 639. The number of nitrogens with one attached hydrogen (secondary N) is 1. The second-order valence-electron chi connectivity index (χ2n) is 4.97. The van der Waals surface area contributed by atoms with Gasteiger partial charge in [-0.05, 0) is 24.6 Å². The van der Waals surface area contributed by atoms with Gasteiger partial charge >= 0.3 is 5.97 Å². The number of carboxylic acids is 1. The molecule has 0 saturated carbocycles. The SMILES string of the molecule is CCCC(CNC(=O)c1cccc(S(=O)(=O)CC)c1)C(=O)O. The van der Waals surface area contributed by atoms with Crippen molar-refractivity contribution in [2.75, 3.05) is 12.3 Å². The fourth-order valence-corrected chi connectivity index (χ4v) is 2.90. The molecule has 0 saturated heterocycles. The molecular formula is C15H21NO5S. The van der Waals surface area contributed by atoms with Gasteiger partial charge in [0.05, 0.1) is 16.6 Å². The number of hydrogen-bond acceptors (Lipinski definition) is 4. The van der Waals surface area contributed by atoms with E-state index in [4.69, 9.17) is 5.11 Å². The lowest BCUT2D eigenvalue weighted by atomic mass is 10.0. The van der Waals surface area contributed by atoms with Crippen LogP contribution in [0.5, 0.6) is 0 Å². The maximum absolute atomic E-state index is 12.0. The van der Waals surface area contributed by atoms with Crippen LogP contribution in [-0.4, -0.2) is 37.7 Å². The van der Waals surface area contributed by atoms with Crippen molar-refractivity contribution in [3.63, 3.8) is 0 Å². The van der Waals surface area contributed by atoms with Crippen molar-refractivity contribution < 1.29 is 23.1 Å². The average Bonchev–Trinajstić information content (AvgIpc) is 2.50. The number of carboxylic acid groups (broad SMARTS) is 1. The molecule has 0 fully saturated rings. The molecule has 0 radical (unpaired) electrons. The van der Waals surface area contributed by atoms with Crippen LogP contribution in [-0.2, 0) is 14.6 Å². The Hall–Kier alpha value is -1.89. The largest absolute Gasteiger partial charge is 0.481 e. The Kier molecular flexibility index (Phi) is 6.55. The predicted octanol–water partition coefficient (Wildman–Crippen LogP) is 1.71. The highest BCUT2D eigenvalue weighted by atomic mass is 32.2. The number of carbonyl (C=O) groups is 2. The predicted molar refractivity (Wildman–Crippen MR) is 82.5 cm³/mol. The van der Waals surface area contributed by atoms with Crippen molar-refractivity contribution in [3.05, 3.63) is 29.8 Å². The standard InChI is InChI=1S/C15H21NO5S/c1-3-6-12(15(18)19)10-16-14(17)11-7-5-8-13(9-11)22(20,21)4-2/h5,7-9,12H,3-4,6,10H2,1-2H3,(H,16,17)(H,18,19). The van der Waals surface area contributed by atoms with Gasteiger partial charge in [0.1, 0.15) is 0 Å². The van der Waals surface area contributed by atoms with Gasteiger partial charge in [-0.2, -0.15) is 0 Å². The van der Waals surface area contributed by atoms with Crippen LogP contribution in [0.2, 0.25) is 0 Å². The molecule has 0 bridgehead atoms. The molecule has 1 amide bonds. The molecule has 1 atom stereocenters. The Morgan fingerprint density at radius 3 is 2.50 bits per heavy atom. The first-order valence-electron chi connectivity index (χ1n) is 7.15. The summed E-state index contributed by atoms with van der Waals surface area (Å²) in [7, 11) is -3.38. The Morgan fingerprint density at radius 1 is 1.27 bits per heavy atom. The van der Waals surface area contributed by atoms with E-state index in [1.165, 1.54) is 31.2 Å². The van der Waals surface area contributed by atoms with Crippen LogP contribution in [0.4, 0.5) is 0 Å². The third-order valence-electron chi connectivity index (χ3n) is 3.33. The van der Waals surface area contributed by atoms with Crippen LogP contribution < -0.4 is 5.32 Å². The molecule has 0 spiro atoms. The normalized spacial score (nSPS) is 12.6. The molecule has 0 aliphatic rings. The van der Waals surface area contributed by atoms with Gasteiger partial charge in [-0.1, -0.05) is 26.3 Å². The molecule has 0 aliphatic carbocycles. The van der Waals surface area contributed by atoms with E-state index in [-0.39, 0.29) is 22.8 Å². The second kappa shape index (κ2) is 7.93. The Labute approximate surface area is 130 Å². The number of hydrogen-bond donors (Lipinski definition) is 2. The van der Waals surface area contributed by atoms with E-state index in [0.717, 1.165) is 0 Å². The summed E-state index contributed by atoms with van der Waals surface area (Å²) in [5.74, 6) is -2.12. The lowest BCUT2D eigenvalue weighted by molar-refractivity contribution is -0.141. The van der Waals surface area contributed by atoms with Crippen LogP contribution >= 0.6 is 0 Å². The van der Waals surface area contributed by atoms with E-state index in [2.05, 4.69) is 5.32 Å². The van der Waals surface area contributed by atoms with E-state index in [1.54, 1.807) is 0 Å². The minimum absolute atomic E-state index is 0.0206. The zero-order chi connectivity index (χ0) is 16.8. The third kappa shape index (κ3) is 4.84. The van der Waals surface area contributed by atoms with Crippen molar-refractivity contribution in [2.24, 2.45) is 5.92 Å². The molecule has 0 aromatic heterocycles. The fourth-order valence-electron chi connectivity index (χ4n) is 1.98. The molecule has 7 heteroatoms. The quantitative estimate of drug-likeness (QED) is 0.757. The van der Waals surface area contributed by atoms with Crippen molar-refractivity contribution in [3.8, 4) is 0 Å². The first-order valence-corrected chi connectivity index (χ1v) is 8.80.